The minimum atomic E-state index is 0.207. The first kappa shape index (κ1) is 21.2. The Labute approximate surface area is 182 Å². The van der Waals surface area contributed by atoms with Gasteiger partial charge in [-0.25, -0.2) is 9.67 Å². The van der Waals surface area contributed by atoms with Crippen LogP contribution in [-0.2, 0) is 24.8 Å². The number of hydrogen-bond acceptors (Lipinski definition) is 6. The van der Waals surface area contributed by atoms with Crippen molar-refractivity contribution >= 4 is 16.9 Å². The molecule has 0 radical (unpaired) electrons. The van der Waals surface area contributed by atoms with Gasteiger partial charge in [0.25, 0.3) is 0 Å². The number of hydrogen-bond donors (Lipinski definition) is 0. The van der Waals surface area contributed by atoms with Gasteiger partial charge in [-0.3, -0.25) is 14.7 Å². The van der Waals surface area contributed by atoms with E-state index in [1.165, 1.54) is 5.56 Å². The minimum Gasteiger partial charge on any atom is -0.479 e. The molecule has 3 aromatic rings. The zero-order chi connectivity index (χ0) is 22.0. The Hall–Kier alpha value is -3.00. The lowest BCUT2D eigenvalue weighted by atomic mass is 10.00. The van der Waals surface area contributed by atoms with Crippen molar-refractivity contribution in [3.05, 3.63) is 46.9 Å². The molecule has 0 unspecified atom stereocenters. The number of rotatable bonds is 6. The third-order valence-electron chi connectivity index (χ3n) is 6.16. The van der Waals surface area contributed by atoms with Gasteiger partial charge >= 0.3 is 0 Å². The maximum atomic E-state index is 12.9. The zero-order valence-corrected chi connectivity index (χ0v) is 18.8. The molecule has 1 aliphatic heterocycles. The number of ether oxygens (including phenoxy) is 1. The smallest absolute Gasteiger partial charge is 0.242 e. The average Bonchev–Trinajstić information content (AvgIpc) is 3.10. The van der Waals surface area contributed by atoms with E-state index in [-0.39, 0.29) is 5.91 Å². The Morgan fingerprint density at radius 2 is 1.97 bits per heavy atom. The Balaban J connectivity index is 1.37. The Morgan fingerprint density at radius 1 is 1.19 bits per heavy atom. The van der Waals surface area contributed by atoms with Gasteiger partial charge in [0.15, 0.2) is 5.65 Å². The van der Waals surface area contributed by atoms with E-state index < -0.39 is 0 Å². The summed E-state index contributed by atoms with van der Waals surface area (Å²) >= 11 is 0. The highest BCUT2D eigenvalue weighted by atomic mass is 16.5. The summed E-state index contributed by atoms with van der Waals surface area (Å²) in [7, 11) is 3.49. The van der Waals surface area contributed by atoms with Crippen molar-refractivity contribution in [1.82, 2.24) is 29.5 Å². The number of pyridine rings is 2. The quantitative estimate of drug-likeness (QED) is 0.607. The summed E-state index contributed by atoms with van der Waals surface area (Å²) in [5.41, 5.74) is 5.18. The molecular weight excluding hydrogens is 392 g/mol. The number of nitrogens with zero attached hydrogens (tertiary/aromatic N) is 6. The molecule has 0 saturated carbocycles. The Kier molecular flexibility index (Phi) is 6.18. The highest BCUT2D eigenvalue weighted by molar-refractivity contribution is 5.86. The van der Waals surface area contributed by atoms with Crippen molar-refractivity contribution < 1.29 is 9.53 Å². The van der Waals surface area contributed by atoms with Crippen LogP contribution < -0.4 is 4.74 Å². The number of methoxy groups -OCH3 is 1. The number of fused-ring (bicyclic) bond motifs is 1. The minimum absolute atomic E-state index is 0.207. The van der Waals surface area contributed by atoms with Crippen LogP contribution in [-0.4, -0.2) is 68.7 Å². The standard InChI is InChI=1S/C23H30N6O2/c1-16-19(17(2)25-22-21(16)23(31-4)26-27(22)3)7-8-20(30)29-12-10-28(11-13-29)15-18-6-5-9-24-14-18/h5-6,9,14H,7-8,10-13,15H2,1-4H3. The van der Waals surface area contributed by atoms with Gasteiger partial charge in [-0.05, 0) is 43.0 Å². The fourth-order valence-electron chi connectivity index (χ4n) is 4.40. The maximum absolute atomic E-state index is 12.9. The lowest BCUT2D eigenvalue weighted by Crippen LogP contribution is -2.48. The Bertz CT molecular complexity index is 1070. The van der Waals surface area contributed by atoms with Gasteiger partial charge in [0, 0.05) is 64.3 Å². The van der Waals surface area contributed by atoms with E-state index in [1.54, 1.807) is 18.0 Å². The molecule has 0 spiro atoms. The van der Waals surface area contributed by atoms with Gasteiger partial charge in [0.1, 0.15) is 0 Å². The molecule has 0 bridgehead atoms. The summed E-state index contributed by atoms with van der Waals surface area (Å²) in [5.74, 6) is 0.790. The molecule has 0 aliphatic carbocycles. The summed E-state index contributed by atoms with van der Waals surface area (Å²) in [6.45, 7) is 8.27. The van der Waals surface area contributed by atoms with Crippen molar-refractivity contribution in [3.8, 4) is 5.88 Å². The average molecular weight is 423 g/mol. The predicted molar refractivity (Wildman–Crippen MR) is 119 cm³/mol. The van der Waals surface area contributed by atoms with Gasteiger partial charge in [0.2, 0.25) is 11.8 Å². The van der Waals surface area contributed by atoms with Gasteiger partial charge < -0.3 is 9.64 Å². The van der Waals surface area contributed by atoms with Crippen LogP contribution in [0.5, 0.6) is 5.88 Å². The molecule has 164 valence electrons. The normalized spacial score (nSPS) is 14.9. The van der Waals surface area contributed by atoms with Crippen molar-refractivity contribution in [2.45, 2.75) is 33.2 Å². The second kappa shape index (κ2) is 9.01. The molecule has 0 aromatic carbocycles. The zero-order valence-electron chi connectivity index (χ0n) is 18.8. The van der Waals surface area contributed by atoms with Crippen molar-refractivity contribution in [2.75, 3.05) is 33.3 Å². The van der Waals surface area contributed by atoms with Crippen molar-refractivity contribution in [3.63, 3.8) is 0 Å². The summed E-state index contributed by atoms with van der Waals surface area (Å²) in [4.78, 5) is 26.2. The molecule has 1 amide bonds. The van der Waals surface area contributed by atoms with E-state index in [0.29, 0.717) is 18.7 Å². The van der Waals surface area contributed by atoms with E-state index >= 15 is 0 Å². The van der Waals surface area contributed by atoms with Crippen LogP contribution in [0.3, 0.4) is 0 Å². The summed E-state index contributed by atoms with van der Waals surface area (Å²) in [6, 6.07) is 4.06. The summed E-state index contributed by atoms with van der Waals surface area (Å²) in [6.07, 6.45) is 4.86. The number of piperazine rings is 1. The fraction of sp³-hybridized carbons (Fsp3) is 0.478. The monoisotopic (exact) mass is 422 g/mol. The molecular formula is C23H30N6O2. The SMILES string of the molecule is COc1nn(C)c2nc(C)c(CCC(=O)N3CCN(Cc4cccnc4)CC3)c(C)c12. The van der Waals surface area contributed by atoms with Crippen LogP contribution in [0.4, 0.5) is 0 Å². The molecule has 31 heavy (non-hydrogen) atoms. The summed E-state index contributed by atoms with van der Waals surface area (Å²) in [5, 5.41) is 5.34. The van der Waals surface area contributed by atoms with Gasteiger partial charge in [-0.15, -0.1) is 5.10 Å². The number of aryl methyl sites for hydroxylation is 3. The van der Waals surface area contributed by atoms with Crippen molar-refractivity contribution in [1.29, 1.82) is 0 Å². The van der Waals surface area contributed by atoms with E-state index in [0.717, 1.165) is 60.6 Å². The number of amides is 1. The maximum Gasteiger partial charge on any atom is 0.242 e. The largest absolute Gasteiger partial charge is 0.479 e. The first-order valence-electron chi connectivity index (χ1n) is 10.7. The summed E-state index contributed by atoms with van der Waals surface area (Å²) < 4.78 is 7.19. The molecule has 4 rings (SSSR count). The van der Waals surface area contributed by atoms with Gasteiger partial charge in [0.05, 0.1) is 12.5 Å². The fourth-order valence-corrected chi connectivity index (χ4v) is 4.40. The third-order valence-corrected chi connectivity index (χ3v) is 6.16. The number of carbonyl (C=O) groups is 1. The Morgan fingerprint density at radius 3 is 2.65 bits per heavy atom. The van der Waals surface area contributed by atoms with E-state index in [1.807, 2.05) is 31.1 Å². The molecule has 1 saturated heterocycles. The molecule has 1 aliphatic rings. The van der Waals surface area contributed by atoms with Crippen LogP contribution in [0, 0.1) is 13.8 Å². The molecule has 3 aromatic heterocycles. The highest BCUT2D eigenvalue weighted by Gasteiger charge is 2.23. The number of aromatic nitrogens is 4. The lowest BCUT2D eigenvalue weighted by Gasteiger charge is -2.34. The number of carbonyl (C=O) groups excluding carboxylic acids is 1. The molecule has 4 heterocycles. The van der Waals surface area contributed by atoms with Crippen LogP contribution in [0.1, 0.15) is 28.8 Å². The first-order chi connectivity index (χ1) is 15.0. The topological polar surface area (TPSA) is 76.4 Å². The lowest BCUT2D eigenvalue weighted by molar-refractivity contribution is -0.133. The predicted octanol–water partition coefficient (Wildman–Crippen LogP) is 2.27. The van der Waals surface area contributed by atoms with Crippen molar-refractivity contribution in [2.24, 2.45) is 7.05 Å². The highest BCUT2D eigenvalue weighted by Crippen LogP contribution is 2.30. The van der Waals surface area contributed by atoms with Gasteiger partial charge in [-0.2, -0.15) is 0 Å². The molecule has 8 heteroatoms. The molecule has 0 atom stereocenters. The molecule has 8 nitrogen and oxygen atoms in total. The first-order valence-corrected chi connectivity index (χ1v) is 10.7. The van der Waals surface area contributed by atoms with E-state index in [2.05, 4.69) is 28.0 Å². The molecule has 0 N–H and O–H groups in total. The molecule has 1 fully saturated rings. The second-order valence-electron chi connectivity index (χ2n) is 8.15. The van der Waals surface area contributed by atoms with Crippen LogP contribution in [0.2, 0.25) is 0 Å². The third kappa shape index (κ3) is 4.39. The van der Waals surface area contributed by atoms with Crippen LogP contribution in [0.25, 0.3) is 11.0 Å². The van der Waals surface area contributed by atoms with Crippen LogP contribution in [0.15, 0.2) is 24.5 Å². The van der Waals surface area contributed by atoms with Crippen LogP contribution >= 0.6 is 0 Å². The second-order valence-corrected chi connectivity index (χ2v) is 8.15. The van der Waals surface area contributed by atoms with Gasteiger partial charge in [-0.1, -0.05) is 6.07 Å². The van der Waals surface area contributed by atoms with E-state index in [4.69, 9.17) is 9.72 Å². The van der Waals surface area contributed by atoms with E-state index in [9.17, 15) is 4.79 Å².